The Morgan fingerprint density at radius 3 is 2.89 bits per heavy atom. The van der Waals surface area contributed by atoms with Crippen LogP contribution in [-0.2, 0) is 22.6 Å². The molecule has 0 saturated carbocycles. The lowest BCUT2D eigenvalue weighted by Crippen LogP contribution is -2.38. The smallest absolute Gasteiger partial charge is 0.234 e. The summed E-state index contributed by atoms with van der Waals surface area (Å²) in [4.78, 5) is 26.1. The van der Waals surface area contributed by atoms with Crippen molar-refractivity contribution in [2.75, 3.05) is 31.7 Å². The molecule has 190 valence electrons. The molecule has 1 amide bonds. The molecule has 36 heavy (non-hydrogen) atoms. The van der Waals surface area contributed by atoms with Crippen LogP contribution in [0, 0.1) is 6.92 Å². The number of amides is 1. The number of carbonyl (C=O) groups excluding carboxylic acids is 1. The predicted octanol–water partition coefficient (Wildman–Crippen LogP) is 3.92. The molecule has 0 radical (unpaired) electrons. The van der Waals surface area contributed by atoms with Gasteiger partial charge in [0.2, 0.25) is 11.9 Å². The molecule has 2 aliphatic rings. The second kappa shape index (κ2) is 11.2. The molecular weight excluding hydrogens is 498 g/mol. The lowest BCUT2D eigenvalue weighted by atomic mass is 10.1. The van der Waals surface area contributed by atoms with Crippen LogP contribution in [-0.4, -0.2) is 58.3 Å². The number of hydrogen-bond donors (Lipinski definition) is 3. The number of rotatable bonds is 8. The number of hydrogen-bond acceptors (Lipinski definition) is 8. The Bertz CT molecular complexity index is 1210. The zero-order valence-corrected chi connectivity index (χ0v) is 21.7. The minimum Gasteiger partial charge on any atom is -0.394 e. The number of aliphatic hydroxyl groups is 1. The van der Waals surface area contributed by atoms with Crippen molar-refractivity contribution in [2.24, 2.45) is 0 Å². The van der Waals surface area contributed by atoms with Crippen molar-refractivity contribution in [3.8, 4) is 10.6 Å². The maximum absolute atomic E-state index is 12.7. The highest BCUT2D eigenvalue weighted by molar-refractivity contribution is 7.15. The van der Waals surface area contributed by atoms with E-state index in [4.69, 9.17) is 21.3 Å². The molecule has 2 aromatic heterocycles. The summed E-state index contributed by atoms with van der Waals surface area (Å²) in [6, 6.07) is 9.85. The molecule has 0 bridgehead atoms. The van der Waals surface area contributed by atoms with Crippen molar-refractivity contribution in [1.82, 2.24) is 20.2 Å². The van der Waals surface area contributed by atoms with E-state index >= 15 is 0 Å². The molecule has 4 heterocycles. The molecule has 0 aliphatic carbocycles. The molecule has 10 heteroatoms. The number of nitrogens with one attached hydrogen (secondary N) is 2. The molecular formula is C26H30ClN5O3S. The Morgan fingerprint density at radius 1 is 1.31 bits per heavy atom. The number of anilines is 1. The number of carbonyl (C=O) groups is 1. The molecule has 5 rings (SSSR count). The number of ether oxygens (including phenoxy) is 1. The zero-order chi connectivity index (χ0) is 25.1. The van der Waals surface area contributed by atoms with Gasteiger partial charge in [-0.2, -0.15) is 0 Å². The summed E-state index contributed by atoms with van der Waals surface area (Å²) >= 11 is 8.12. The molecule has 2 aliphatic heterocycles. The van der Waals surface area contributed by atoms with Gasteiger partial charge in [-0.3, -0.25) is 9.69 Å². The molecule has 1 aromatic carbocycles. The average molecular weight is 528 g/mol. The molecule has 1 saturated heterocycles. The highest BCUT2D eigenvalue weighted by Crippen LogP contribution is 2.38. The lowest BCUT2D eigenvalue weighted by molar-refractivity contribution is -0.123. The van der Waals surface area contributed by atoms with Gasteiger partial charge < -0.3 is 20.5 Å². The fourth-order valence-corrected chi connectivity index (χ4v) is 6.13. The van der Waals surface area contributed by atoms with E-state index in [2.05, 4.69) is 26.6 Å². The highest BCUT2D eigenvalue weighted by atomic mass is 35.5. The van der Waals surface area contributed by atoms with Gasteiger partial charge in [0.05, 0.1) is 35.3 Å². The van der Waals surface area contributed by atoms with Gasteiger partial charge in [0.15, 0.2) is 0 Å². The maximum atomic E-state index is 12.7. The van der Waals surface area contributed by atoms with E-state index in [1.165, 1.54) is 10.4 Å². The Morgan fingerprint density at radius 2 is 2.14 bits per heavy atom. The Hall–Kier alpha value is -2.56. The van der Waals surface area contributed by atoms with Crippen molar-refractivity contribution in [1.29, 1.82) is 0 Å². The maximum Gasteiger partial charge on any atom is 0.234 e. The van der Waals surface area contributed by atoms with Crippen molar-refractivity contribution in [3.05, 3.63) is 63.1 Å². The minimum absolute atomic E-state index is 0.103. The van der Waals surface area contributed by atoms with Crippen LogP contribution in [0.2, 0.25) is 5.02 Å². The van der Waals surface area contributed by atoms with Crippen LogP contribution >= 0.6 is 22.9 Å². The molecule has 0 unspecified atom stereocenters. The first-order valence-corrected chi connectivity index (χ1v) is 13.4. The Kier molecular flexibility index (Phi) is 7.83. The van der Waals surface area contributed by atoms with Crippen LogP contribution in [0.15, 0.2) is 36.5 Å². The number of thiophene rings is 1. The third kappa shape index (κ3) is 5.87. The van der Waals surface area contributed by atoms with E-state index in [1.807, 2.05) is 31.2 Å². The monoisotopic (exact) mass is 527 g/mol. The van der Waals surface area contributed by atoms with Gasteiger partial charge in [0, 0.05) is 37.2 Å². The topological polar surface area (TPSA) is 99.6 Å². The first-order valence-electron chi connectivity index (χ1n) is 12.2. The van der Waals surface area contributed by atoms with Crippen LogP contribution in [0.4, 0.5) is 5.95 Å². The van der Waals surface area contributed by atoms with Gasteiger partial charge in [-0.25, -0.2) is 9.97 Å². The van der Waals surface area contributed by atoms with E-state index in [0.717, 1.165) is 47.8 Å². The van der Waals surface area contributed by atoms with E-state index in [-0.39, 0.29) is 19.1 Å². The van der Waals surface area contributed by atoms with Crippen LogP contribution in [0.5, 0.6) is 0 Å². The van der Waals surface area contributed by atoms with Crippen molar-refractivity contribution < 1.29 is 14.6 Å². The third-order valence-corrected chi connectivity index (χ3v) is 7.96. The standard InChI is InChI=1S/C26H30ClN5O3S/c1-16-3-2-4-17(9-16)21(15-33)30-24(34)14-32-12-18-10-22(36-23(18)13-32)25-20(27)11-28-26(31-25)29-19-5-7-35-8-6-19/h2-4,9-11,19,21,33H,5-8,12-15H2,1H3,(H,30,34)(H,28,29,31)/t21-/m1/s1. The van der Waals surface area contributed by atoms with Crippen molar-refractivity contribution in [2.45, 2.75) is 44.9 Å². The van der Waals surface area contributed by atoms with Gasteiger partial charge in [-0.05, 0) is 37.0 Å². The summed E-state index contributed by atoms with van der Waals surface area (Å²) in [6.07, 6.45) is 3.52. The molecule has 3 N–H and O–H groups in total. The first kappa shape index (κ1) is 25.1. The molecule has 8 nitrogen and oxygen atoms in total. The van der Waals surface area contributed by atoms with Crippen molar-refractivity contribution >= 4 is 34.8 Å². The predicted molar refractivity (Wildman–Crippen MR) is 141 cm³/mol. The number of aliphatic hydroxyl groups excluding tert-OH is 1. The van der Waals surface area contributed by atoms with Gasteiger partial charge in [0.1, 0.15) is 5.69 Å². The van der Waals surface area contributed by atoms with Crippen molar-refractivity contribution in [3.63, 3.8) is 0 Å². The van der Waals surface area contributed by atoms with E-state index < -0.39 is 6.04 Å². The second-order valence-electron chi connectivity index (χ2n) is 9.34. The summed E-state index contributed by atoms with van der Waals surface area (Å²) in [7, 11) is 0. The van der Waals surface area contributed by atoms with E-state index in [1.54, 1.807) is 17.5 Å². The second-order valence-corrected chi connectivity index (χ2v) is 10.9. The highest BCUT2D eigenvalue weighted by Gasteiger charge is 2.26. The van der Waals surface area contributed by atoms with Gasteiger partial charge >= 0.3 is 0 Å². The molecule has 1 fully saturated rings. The molecule has 3 aromatic rings. The summed E-state index contributed by atoms with van der Waals surface area (Å²) in [5.41, 5.74) is 3.92. The van der Waals surface area contributed by atoms with Crippen LogP contribution in [0.1, 0.15) is 40.5 Å². The van der Waals surface area contributed by atoms with Crippen LogP contribution in [0.25, 0.3) is 10.6 Å². The minimum atomic E-state index is -0.412. The summed E-state index contributed by atoms with van der Waals surface area (Å²) in [5.74, 6) is 0.480. The molecule has 1 atom stereocenters. The number of halogens is 1. The van der Waals surface area contributed by atoms with Gasteiger partial charge in [-0.15, -0.1) is 11.3 Å². The van der Waals surface area contributed by atoms with Gasteiger partial charge in [0.25, 0.3) is 0 Å². The van der Waals surface area contributed by atoms with E-state index in [9.17, 15) is 9.90 Å². The molecule has 0 spiro atoms. The number of benzene rings is 1. The lowest BCUT2D eigenvalue weighted by Gasteiger charge is -2.23. The van der Waals surface area contributed by atoms with Crippen LogP contribution in [0.3, 0.4) is 0 Å². The third-order valence-electron chi connectivity index (χ3n) is 6.52. The Balaban J connectivity index is 1.20. The number of aromatic nitrogens is 2. The SMILES string of the molecule is Cc1cccc([C@@H](CO)NC(=O)CN2Cc3cc(-c4nc(NC5CCOCC5)ncc4Cl)sc3C2)c1. The summed E-state index contributed by atoms with van der Waals surface area (Å²) in [6.45, 7) is 4.99. The van der Waals surface area contributed by atoms with Gasteiger partial charge in [-0.1, -0.05) is 41.4 Å². The van der Waals surface area contributed by atoms with E-state index in [0.29, 0.717) is 30.1 Å². The number of fused-ring (bicyclic) bond motifs is 1. The Labute approximate surface area is 219 Å². The first-order chi connectivity index (χ1) is 17.5. The summed E-state index contributed by atoms with van der Waals surface area (Å²) in [5, 5.41) is 16.7. The average Bonchev–Trinajstić information content (AvgIpc) is 3.43. The quantitative estimate of drug-likeness (QED) is 0.408. The van der Waals surface area contributed by atoms with Crippen LogP contribution < -0.4 is 10.6 Å². The fraction of sp³-hybridized carbons (Fsp3) is 0.423. The number of aryl methyl sites for hydroxylation is 1. The fourth-order valence-electron chi connectivity index (χ4n) is 4.66. The number of nitrogens with zero attached hydrogens (tertiary/aromatic N) is 3. The largest absolute Gasteiger partial charge is 0.394 e. The zero-order valence-electron chi connectivity index (χ0n) is 20.2. The summed E-state index contributed by atoms with van der Waals surface area (Å²) < 4.78 is 5.43. The normalized spacial score (nSPS) is 17.1.